The molecule has 0 saturated heterocycles. The van der Waals surface area contributed by atoms with Gasteiger partial charge in [-0.1, -0.05) is 36.4 Å². The van der Waals surface area contributed by atoms with Crippen LogP contribution in [0.25, 0.3) is 0 Å². The van der Waals surface area contributed by atoms with Crippen LogP contribution in [0, 0.1) is 5.82 Å². The summed E-state index contributed by atoms with van der Waals surface area (Å²) in [7, 11) is 3.87. The van der Waals surface area contributed by atoms with Crippen molar-refractivity contribution in [2.75, 3.05) is 14.1 Å². The van der Waals surface area contributed by atoms with Crippen LogP contribution in [-0.4, -0.2) is 31.0 Å². The molecule has 2 aromatic rings. The highest BCUT2D eigenvalue weighted by atomic mass is 19.1. The lowest BCUT2D eigenvalue weighted by Crippen LogP contribution is -2.36. The molecule has 0 atom stereocenters. The van der Waals surface area contributed by atoms with E-state index in [1.807, 2.05) is 6.07 Å². The van der Waals surface area contributed by atoms with Crippen LogP contribution in [0.4, 0.5) is 4.39 Å². The molecule has 0 bridgehead atoms. The quantitative estimate of drug-likeness (QED) is 0.589. The summed E-state index contributed by atoms with van der Waals surface area (Å²) >= 11 is 0. The molecule has 2 aromatic carbocycles. The molecule has 0 aliphatic rings. The molecule has 0 amide bonds. The second-order valence-electron chi connectivity index (χ2n) is 6.69. The molecular weight excluding hydrogens is 327 g/mol. The van der Waals surface area contributed by atoms with Crippen molar-refractivity contribution in [2.24, 2.45) is 4.99 Å². The summed E-state index contributed by atoms with van der Waals surface area (Å²) in [5.74, 6) is 0.469. The fourth-order valence-corrected chi connectivity index (χ4v) is 2.57. The van der Waals surface area contributed by atoms with E-state index >= 15 is 0 Å². The predicted molar refractivity (Wildman–Crippen MR) is 106 cm³/mol. The van der Waals surface area contributed by atoms with Crippen LogP contribution in [0.2, 0.25) is 0 Å². The van der Waals surface area contributed by atoms with Crippen molar-refractivity contribution in [1.82, 2.24) is 15.5 Å². The van der Waals surface area contributed by atoms with Gasteiger partial charge in [-0.25, -0.2) is 4.39 Å². The zero-order valence-electron chi connectivity index (χ0n) is 16.1. The van der Waals surface area contributed by atoms with E-state index in [0.717, 1.165) is 12.1 Å². The molecule has 0 aliphatic carbocycles. The second kappa shape index (κ2) is 9.92. The summed E-state index contributed by atoms with van der Waals surface area (Å²) in [6, 6.07) is 15.5. The van der Waals surface area contributed by atoms with Crippen LogP contribution in [0.15, 0.2) is 53.5 Å². The van der Waals surface area contributed by atoms with Gasteiger partial charge in [0.25, 0.3) is 0 Å². The molecule has 2 N–H and O–H groups in total. The van der Waals surface area contributed by atoms with Crippen LogP contribution in [0.5, 0.6) is 0 Å². The van der Waals surface area contributed by atoms with Gasteiger partial charge in [-0.2, -0.15) is 0 Å². The van der Waals surface area contributed by atoms with Crippen molar-refractivity contribution in [3.8, 4) is 0 Å². The maximum atomic E-state index is 13.3. The smallest absolute Gasteiger partial charge is 0.191 e. The predicted octanol–water partition coefficient (Wildman–Crippen LogP) is 3.53. The van der Waals surface area contributed by atoms with Crippen LogP contribution in [0.1, 0.15) is 30.5 Å². The van der Waals surface area contributed by atoms with Crippen molar-refractivity contribution < 1.29 is 4.39 Å². The fourth-order valence-electron chi connectivity index (χ4n) is 2.57. The average Bonchev–Trinajstić information content (AvgIpc) is 2.63. The molecule has 0 fully saturated rings. The van der Waals surface area contributed by atoms with Crippen molar-refractivity contribution in [2.45, 2.75) is 39.5 Å². The topological polar surface area (TPSA) is 39.7 Å². The highest BCUT2D eigenvalue weighted by Crippen LogP contribution is 2.12. The van der Waals surface area contributed by atoms with Gasteiger partial charge in [-0.15, -0.1) is 0 Å². The lowest BCUT2D eigenvalue weighted by atomic mass is 10.1. The van der Waals surface area contributed by atoms with Gasteiger partial charge >= 0.3 is 0 Å². The van der Waals surface area contributed by atoms with Crippen LogP contribution in [0.3, 0.4) is 0 Å². The van der Waals surface area contributed by atoms with Gasteiger partial charge in [-0.05, 0) is 49.7 Å². The Morgan fingerprint density at radius 3 is 2.38 bits per heavy atom. The third-order valence-electron chi connectivity index (χ3n) is 4.44. The summed E-state index contributed by atoms with van der Waals surface area (Å²) in [5.41, 5.74) is 3.43. The molecule has 0 saturated carbocycles. The Hall–Kier alpha value is -2.40. The molecule has 0 spiro atoms. The minimum atomic E-state index is -0.226. The number of benzene rings is 2. The molecule has 2 rings (SSSR count). The van der Waals surface area contributed by atoms with Crippen molar-refractivity contribution in [1.29, 1.82) is 0 Å². The summed E-state index contributed by atoms with van der Waals surface area (Å²) in [5, 5.41) is 6.56. The van der Waals surface area contributed by atoms with Crippen LogP contribution in [-0.2, 0) is 19.6 Å². The Kier molecular flexibility index (Phi) is 7.60. The zero-order valence-corrected chi connectivity index (χ0v) is 16.1. The average molecular weight is 356 g/mol. The van der Waals surface area contributed by atoms with E-state index in [0.29, 0.717) is 25.1 Å². The number of halogens is 1. The van der Waals surface area contributed by atoms with E-state index in [4.69, 9.17) is 0 Å². The number of aliphatic imine (C=N–C) groups is 1. The Morgan fingerprint density at radius 2 is 1.73 bits per heavy atom. The van der Waals surface area contributed by atoms with Crippen LogP contribution >= 0.6 is 0 Å². The Morgan fingerprint density at radius 1 is 1.04 bits per heavy atom. The maximum absolute atomic E-state index is 13.3. The number of rotatable bonds is 7. The lowest BCUT2D eigenvalue weighted by Gasteiger charge is -2.23. The minimum Gasteiger partial charge on any atom is -0.352 e. The summed E-state index contributed by atoms with van der Waals surface area (Å²) < 4.78 is 13.3. The number of guanidine groups is 1. The molecule has 4 nitrogen and oxygen atoms in total. The van der Waals surface area contributed by atoms with Gasteiger partial charge in [0.2, 0.25) is 0 Å². The maximum Gasteiger partial charge on any atom is 0.191 e. The first-order valence-corrected chi connectivity index (χ1v) is 8.95. The van der Waals surface area contributed by atoms with Gasteiger partial charge in [0.1, 0.15) is 5.82 Å². The molecular formula is C21H29FN4. The highest BCUT2D eigenvalue weighted by molar-refractivity contribution is 5.79. The SMILES string of the molecule is CN=C(NCc1cccc(F)c1)NCc1ccccc1CN(C)C(C)C. The number of nitrogens with zero attached hydrogens (tertiary/aromatic N) is 2. The highest BCUT2D eigenvalue weighted by Gasteiger charge is 2.08. The number of hydrogen-bond acceptors (Lipinski definition) is 2. The van der Waals surface area contributed by atoms with E-state index < -0.39 is 0 Å². The fraction of sp³-hybridized carbons (Fsp3) is 0.381. The third kappa shape index (κ3) is 6.15. The molecule has 0 aliphatic heterocycles. The van der Waals surface area contributed by atoms with Gasteiger partial charge in [-0.3, -0.25) is 9.89 Å². The first-order chi connectivity index (χ1) is 12.5. The minimum absolute atomic E-state index is 0.226. The molecule has 0 unspecified atom stereocenters. The third-order valence-corrected chi connectivity index (χ3v) is 4.44. The number of hydrogen-bond donors (Lipinski definition) is 2. The van der Waals surface area contributed by atoms with Gasteiger partial charge in [0.05, 0.1) is 0 Å². The molecule has 140 valence electrons. The second-order valence-corrected chi connectivity index (χ2v) is 6.69. The molecule has 0 heterocycles. The Balaban J connectivity index is 1.94. The van der Waals surface area contributed by atoms with Crippen molar-refractivity contribution in [3.05, 3.63) is 71.0 Å². The van der Waals surface area contributed by atoms with Crippen LogP contribution < -0.4 is 10.6 Å². The molecule has 26 heavy (non-hydrogen) atoms. The van der Waals surface area contributed by atoms with Crippen molar-refractivity contribution >= 4 is 5.96 Å². The lowest BCUT2D eigenvalue weighted by molar-refractivity contribution is 0.265. The van der Waals surface area contributed by atoms with E-state index in [1.54, 1.807) is 13.1 Å². The monoisotopic (exact) mass is 356 g/mol. The van der Waals surface area contributed by atoms with E-state index in [2.05, 4.69) is 65.7 Å². The summed E-state index contributed by atoms with van der Waals surface area (Å²) in [6.45, 7) is 6.50. The van der Waals surface area contributed by atoms with E-state index in [-0.39, 0.29) is 5.82 Å². The Bertz CT molecular complexity index is 727. The summed E-state index contributed by atoms with van der Waals surface area (Å²) in [4.78, 5) is 6.57. The largest absolute Gasteiger partial charge is 0.352 e. The Labute approximate surface area is 156 Å². The van der Waals surface area contributed by atoms with E-state index in [9.17, 15) is 4.39 Å². The first kappa shape index (κ1) is 19.9. The molecule has 5 heteroatoms. The van der Waals surface area contributed by atoms with Gasteiger partial charge in [0, 0.05) is 32.7 Å². The first-order valence-electron chi connectivity index (χ1n) is 8.95. The van der Waals surface area contributed by atoms with E-state index in [1.165, 1.54) is 23.3 Å². The number of nitrogens with one attached hydrogen (secondary N) is 2. The van der Waals surface area contributed by atoms with Gasteiger partial charge < -0.3 is 10.6 Å². The van der Waals surface area contributed by atoms with Gasteiger partial charge in [0.15, 0.2) is 5.96 Å². The summed E-state index contributed by atoms with van der Waals surface area (Å²) in [6.07, 6.45) is 0. The standard InChI is InChI=1S/C21H29FN4/c1-16(2)26(4)15-19-10-6-5-9-18(19)14-25-21(23-3)24-13-17-8-7-11-20(22)12-17/h5-12,16H,13-15H2,1-4H3,(H2,23,24,25). The molecule has 0 radical (unpaired) electrons. The molecule has 0 aromatic heterocycles. The van der Waals surface area contributed by atoms with Crippen molar-refractivity contribution in [3.63, 3.8) is 0 Å². The zero-order chi connectivity index (χ0) is 18.9. The normalized spacial score (nSPS) is 11.9.